The van der Waals surface area contributed by atoms with Gasteiger partial charge >= 0.3 is 0 Å². The lowest BCUT2D eigenvalue weighted by Crippen LogP contribution is -2.49. The highest BCUT2D eigenvalue weighted by atomic mass is 19.3. The lowest BCUT2D eigenvalue weighted by molar-refractivity contribution is -0.117. The SMILES string of the molecule is O=C(CN1CCN(c2ccc3nnc(C(F)F)n3n2)CC1)Nc1ccccc1F. The number of piperazine rings is 1. The maximum absolute atomic E-state index is 13.6. The molecule has 0 spiro atoms. The van der Waals surface area contributed by atoms with E-state index in [-0.39, 0.29) is 23.8 Å². The van der Waals surface area contributed by atoms with Gasteiger partial charge < -0.3 is 10.2 Å². The minimum absolute atomic E-state index is 0.135. The van der Waals surface area contributed by atoms with Crippen LogP contribution < -0.4 is 10.2 Å². The van der Waals surface area contributed by atoms with Gasteiger partial charge in [0.05, 0.1) is 12.2 Å². The molecule has 1 amide bonds. The van der Waals surface area contributed by atoms with Crippen LogP contribution in [0.25, 0.3) is 5.65 Å². The first-order chi connectivity index (χ1) is 14.0. The lowest BCUT2D eigenvalue weighted by atomic mass is 10.3. The van der Waals surface area contributed by atoms with Crippen LogP contribution in [-0.2, 0) is 4.79 Å². The highest BCUT2D eigenvalue weighted by Gasteiger charge is 2.22. The number of amides is 1. The van der Waals surface area contributed by atoms with Crippen molar-refractivity contribution in [3.8, 4) is 0 Å². The van der Waals surface area contributed by atoms with Crippen LogP contribution in [-0.4, -0.2) is 63.3 Å². The summed E-state index contributed by atoms with van der Waals surface area (Å²) in [6.45, 7) is 2.42. The van der Waals surface area contributed by atoms with Gasteiger partial charge in [-0.1, -0.05) is 12.1 Å². The van der Waals surface area contributed by atoms with E-state index in [4.69, 9.17) is 0 Å². The van der Waals surface area contributed by atoms with Crippen molar-refractivity contribution in [3.63, 3.8) is 0 Å². The molecule has 1 aromatic carbocycles. The van der Waals surface area contributed by atoms with Crippen LogP contribution in [0.4, 0.5) is 24.7 Å². The number of carbonyl (C=O) groups is 1. The fourth-order valence-corrected chi connectivity index (χ4v) is 3.19. The molecule has 8 nitrogen and oxygen atoms in total. The zero-order chi connectivity index (χ0) is 20.4. The maximum atomic E-state index is 13.6. The summed E-state index contributed by atoms with van der Waals surface area (Å²) in [5.41, 5.74) is 0.407. The Bertz CT molecular complexity index is 1020. The summed E-state index contributed by atoms with van der Waals surface area (Å²) in [6, 6.07) is 9.30. The number of alkyl halides is 2. The third-order valence-electron chi connectivity index (χ3n) is 4.68. The van der Waals surface area contributed by atoms with Crippen LogP contribution >= 0.6 is 0 Å². The molecular weight excluding hydrogens is 387 g/mol. The monoisotopic (exact) mass is 405 g/mol. The average Bonchev–Trinajstić information content (AvgIpc) is 3.14. The number of fused-ring (bicyclic) bond motifs is 1. The van der Waals surface area contributed by atoms with Gasteiger partial charge in [-0.3, -0.25) is 9.69 Å². The van der Waals surface area contributed by atoms with Gasteiger partial charge in [0, 0.05) is 26.2 Å². The molecule has 3 heterocycles. The van der Waals surface area contributed by atoms with E-state index in [1.54, 1.807) is 24.3 Å². The molecule has 0 saturated carbocycles. The second-order valence-corrected chi connectivity index (χ2v) is 6.61. The van der Waals surface area contributed by atoms with E-state index in [0.717, 1.165) is 4.52 Å². The Hall–Kier alpha value is -3.21. The standard InChI is InChI=1S/C18H18F3N7O/c19-12-3-1-2-4-13(12)22-16(29)11-26-7-9-27(10-8-26)15-6-5-14-23-24-18(17(20)21)28(14)25-15/h1-6,17H,7-11H2,(H,22,29). The molecule has 0 bridgehead atoms. The Labute approximate surface area is 163 Å². The molecule has 1 N–H and O–H groups in total. The van der Waals surface area contributed by atoms with Gasteiger partial charge in [0.1, 0.15) is 11.6 Å². The van der Waals surface area contributed by atoms with Crippen LogP contribution in [0, 0.1) is 5.82 Å². The highest BCUT2D eigenvalue weighted by Crippen LogP contribution is 2.20. The topological polar surface area (TPSA) is 78.7 Å². The molecule has 1 aliphatic rings. The van der Waals surface area contributed by atoms with Gasteiger partial charge in [0.25, 0.3) is 6.43 Å². The Balaban J connectivity index is 1.36. The quantitative estimate of drug-likeness (QED) is 0.699. The molecular formula is C18H18F3N7O. The van der Waals surface area contributed by atoms with Gasteiger partial charge in [-0.05, 0) is 24.3 Å². The summed E-state index contributed by atoms with van der Waals surface area (Å²) < 4.78 is 40.7. The molecule has 2 aromatic heterocycles. The second kappa shape index (κ2) is 8.03. The number of nitrogens with zero attached hydrogens (tertiary/aromatic N) is 6. The maximum Gasteiger partial charge on any atom is 0.299 e. The van der Waals surface area contributed by atoms with E-state index in [9.17, 15) is 18.0 Å². The predicted molar refractivity (Wildman–Crippen MR) is 99.4 cm³/mol. The normalized spacial score (nSPS) is 15.2. The van der Waals surface area contributed by atoms with E-state index < -0.39 is 18.1 Å². The van der Waals surface area contributed by atoms with E-state index in [0.29, 0.717) is 32.0 Å². The largest absolute Gasteiger partial charge is 0.353 e. The molecule has 11 heteroatoms. The fourth-order valence-electron chi connectivity index (χ4n) is 3.19. The minimum Gasteiger partial charge on any atom is -0.353 e. The minimum atomic E-state index is -2.77. The van der Waals surface area contributed by atoms with Crippen molar-refractivity contribution >= 4 is 23.1 Å². The van der Waals surface area contributed by atoms with Crippen molar-refractivity contribution in [2.45, 2.75) is 6.43 Å². The van der Waals surface area contributed by atoms with Gasteiger partial charge in [0.2, 0.25) is 11.7 Å². The highest BCUT2D eigenvalue weighted by molar-refractivity contribution is 5.92. The van der Waals surface area contributed by atoms with Crippen molar-refractivity contribution in [1.82, 2.24) is 24.7 Å². The van der Waals surface area contributed by atoms with Gasteiger partial charge in [0.15, 0.2) is 5.65 Å². The predicted octanol–water partition coefficient (Wildman–Crippen LogP) is 1.96. The van der Waals surface area contributed by atoms with Gasteiger partial charge in [-0.25, -0.2) is 13.2 Å². The number of aromatic nitrogens is 4. The average molecular weight is 405 g/mol. The molecule has 1 saturated heterocycles. The summed E-state index contributed by atoms with van der Waals surface area (Å²) in [6.07, 6.45) is -2.77. The van der Waals surface area contributed by atoms with Crippen molar-refractivity contribution in [3.05, 3.63) is 48.0 Å². The molecule has 0 radical (unpaired) electrons. The van der Waals surface area contributed by atoms with Gasteiger partial charge in [-0.15, -0.1) is 15.3 Å². The number of hydrogen-bond acceptors (Lipinski definition) is 6. The first-order valence-corrected chi connectivity index (χ1v) is 9.03. The summed E-state index contributed by atoms with van der Waals surface area (Å²) in [5, 5.41) is 13.9. The summed E-state index contributed by atoms with van der Waals surface area (Å²) >= 11 is 0. The zero-order valence-corrected chi connectivity index (χ0v) is 15.3. The Morgan fingerprint density at radius 3 is 2.55 bits per heavy atom. The van der Waals surface area contributed by atoms with Crippen molar-refractivity contribution in [2.24, 2.45) is 0 Å². The number of para-hydroxylation sites is 1. The molecule has 0 atom stereocenters. The number of benzene rings is 1. The molecule has 0 aliphatic carbocycles. The number of nitrogens with one attached hydrogen (secondary N) is 1. The van der Waals surface area contributed by atoms with E-state index in [1.165, 1.54) is 12.1 Å². The van der Waals surface area contributed by atoms with E-state index in [2.05, 4.69) is 20.6 Å². The van der Waals surface area contributed by atoms with Crippen molar-refractivity contribution in [1.29, 1.82) is 0 Å². The van der Waals surface area contributed by atoms with Crippen LogP contribution in [0.3, 0.4) is 0 Å². The van der Waals surface area contributed by atoms with Crippen LogP contribution in [0.15, 0.2) is 36.4 Å². The molecule has 1 aliphatic heterocycles. The van der Waals surface area contributed by atoms with Crippen LogP contribution in [0.1, 0.15) is 12.2 Å². The fraction of sp³-hybridized carbons (Fsp3) is 0.333. The number of halogens is 3. The Morgan fingerprint density at radius 2 is 1.83 bits per heavy atom. The third-order valence-corrected chi connectivity index (χ3v) is 4.68. The number of hydrogen-bond donors (Lipinski definition) is 1. The third kappa shape index (κ3) is 4.14. The first-order valence-electron chi connectivity index (χ1n) is 9.03. The second-order valence-electron chi connectivity index (χ2n) is 6.61. The molecule has 1 fully saturated rings. The summed E-state index contributed by atoms with van der Waals surface area (Å²) in [5.74, 6) is -0.738. The van der Waals surface area contributed by atoms with Crippen LogP contribution in [0.5, 0.6) is 0 Å². The summed E-state index contributed by atoms with van der Waals surface area (Å²) in [7, 11) is 0. The molecule has 152 valence electrons. The van der Waals surface area contributed by atoms with Crippen molar-refractivity contribution < 1.29 is 18.0 Å². The molecule has 4 rings (SSSR count). The number of rotatable bonds is 5. The zero-order valence-electron chi connectivity index (χ0n) is 15.3. The molecule has 3 aromatic rings. The van der Waals surface area contributed by atoms with Gasteiger partial charge in [-0.2, -0.15) is 4.52 Å². The Kier molecular flexibility index (Phi) is 5.30. The Morgan fingerprint density at radius 1 is 1.07 bits per heavy atom. The number of carbonyl (C=O) groups excluding carboxylic acids is 1. The summed E-state index contributed by atoms with van der Waals surface area (Å²) in [4.78, 5) is 16.1. The molecule has 0 unspecified atom stereocenters. The first kappa shape index (κ1) is 19.1. The lowest BCUT2D eigenvalue weighted by Gasteiger charge is -2.34. The van der Waals surface area contributed by atoms with E-state index in [1.807, 2.05) is 9.80 Å². The molecule has 29 heavy (non-hydrogen) atoms. The number of anilines is 2. The van der Waals surface area contributed by atoms with Crippen molar-refractivity contribution in [2.75, 3.05) is 42.9 Å². The smallest absolute Gasteiger partial charge is 0.299 e. The van der Waals surface area contributed by atoms with E-state index >= 15 is 0 Å². The van der Waals surface area contributed by atoms with Crippen LogP contribution in [0.2, 0.25) is 0 Å².